The lowest BCUT2D eigenvalue weighted by atomic mass is 9.94. The Bertz CT molecular complexity index is 1180. The first-order valence-electron chi connectivity index (χ1n) is 12.8. The highest BCUT2D eigenvalue weighted by Crippen LogP contribution is 2.50. The van der Waals surface area contributed by atoms with Gasteiger partial charge in [0.1, 0.15) is 12.1 Å². The van der Waals surface area contributed by atoms with Crippen molar-refractivity contribution in [2.45, 2.75) is 63.1 Å². The Balaban J connectivity index is 0.000000130. The number of piperidine rings is 1. The summed E-state index contributed by atoms with van der Waals surface area (Å²) >= 11 is 0. The molecule has 0 amide bonds. The van der Waals surface area contributed by atoms with Gasteiger partial charge in [-0.3, -0.25) is 9.69 Å². The Morgan fingerprint density at radius 2 is 2.00 bits per heavy atom. The van der Waals surface area contributed by atoms with Crippen molar-refractivity contribution in [1.29, 1.82) is 0 Å². The highest BCUT2D eigenvalue weighted by atomic mass is 19.3. The zero-order chi connectivity index (χ0) is 26.4. The third-order valence-corrected chi connectivity index (χ3v) is 7.37. The molecule has 200 valence electrons. The first-order chi connectivity index (χ1) is 17.8. The predicted octanol–water partition coefficient (Wildman–Crippen LogP) is 4.41. The van der Waals surface area contributed by atoms with E-state index < -0.39 is 17.8 Å². The summed E-state index contributed by atoms with van der Waals surface area (Å²) in [6.07, 6.45) is 9.19. The molecule has 1 aliphatic heterocycles. The molecule has 2 N–H and O–H groups in total. The molecule has 3 aliphatic rings. The molecule has 1 saturated heterocycles. The van der Waals surface area contributed by atoms with E-state index in [1.54, 1.807) is 29.9 Å². The van der Waals surface area contributed by atoms with Crippen LogP contribution in [0.5, 0.6) is 0 Å². The molecule has 2 aromatic heterocycles. The van der Waals surface area contributed by atoms with E-state index in [0.29, 0.717) is 11.5 Å². The van der Waals surface area contributed by atoms with Gasteiger partial charge < -0.3 is 10.4 Å². The van der Waals surface area contributed by atoms with E-state index in [4.69, 9.17) is 0 Å². The second-order valence-corrected chi connectivity index (χ2v) is 10.0. The van der Waals surface area contributed by atoms with E-state index in [-0.39, 0.29) is 17.7 Å². The molecule has 2 unspecified atom stereocenters. The molecule has 2 atom stereocenters. The number of β-amino-alcohol motifs (C(OH)–C–C–N with tert-alkyl or cyclic N) is 1. The molecule has 0 radical (unpaired) electrons. The maximum Gasteiger partial charge on any atom is 0.266 e. The number of fused-ring (bicyclic) bond motifs is 2. The Labute approximate surface area is 214 Å². The number of likely N-dealkylation sites (tertiary alicyclic amines) is 1. The highest BCUT2D eigenvalue weighted by Gasteiger charge is 2.59. The van der Waals surface area contributed by atoms with Crippen molar-refractivity contribution in [3.63, 3.8) is 0 Å². The standard InChI is InChI=1S/C11H19NO.C9H10F3N.C7H5N3O/c13-11-6-9(11)7-12(8-11)10-4-2-1-3-5-10;1-13-5-6-3-2-4-7(8(6)10)9(11)12;11-4-6-1-2-7-8-5-9-10(7)3-6/h9-10,13H,1-8H2;2-4,9,13H,5H2,1H3;1-5H. The number of aldehydes is 1. The summed E-state index contributed by atoms with van der Waals surface area (Å²) in [4.78, 5) is 16.8. The SMILES string of the molecule is CNCc1cccc(C(F)F)c1F.O=Cc1ccc2ncnn2c1.OC12CC1CN(C1CCCCC1)C2. The number of carbonyl (C=O) groups excluding carboxylic acids is 1. The fourth-order valence-corrected chi connectivity index (χ4v) is 5.22. The number of alkyl halides is 2. The average molecular weight is 518 g/mol. The van der Waals surface area contributed by atoms with Crippen LogP contribution in [0.3, 0.4) is 0 Å². The topological polar surface area (TPSA) is 82.8 Å². The van der Waals surface area contributed by atoms with Crippen molar-refractivity contribution >= 4 is 11.9 Å². The molecule has 3 aromatic rings. The predicted molar refractivity (Wildman–Crippen MR) is 134 cm³/mol. The van der Waals surface area contributed by atoms with Crippen molar-refractivity contribution in [3.8, 4) is 0 Å². The third-order valence-electron chi connectivity index (χ3n) is 7.37. The van der Waals surface area contributed by atoms with Crippen LogP contribution in [0.1, 0.15) is 66.4 Å². The molecule has 10 heteroatoms. The first-order valence-corrected chi connectivity index (χ1v) is 12.8. The van der Waals surface area contributed by atoms with Crippen molar-refractivity contribution < 1.29 is 23.1 Å². The lowest BCUT2D eigenvalue weighted by Gasteiger charge is -2.32. The molecule has 2 saturated carbocycles. The smallest absolute Gasteiger partial charge is 0.266 e. The molecular weight excluding hydrogens is 483 g/mol. The van der Waals surface area contributed by atoms with E-state index in [1.807, 2.05) is 0 Å². The molecule has 6 rings (SSSR count). The van der Waals surface area contributed by atoms with Crippen LogP contribution in [0.25, 0.3) is 5.65 Å². The van der Waals surface area contributed by atoms with Gasteiger partial charge in [0.25, 0.3) is 6.43 Å². The minimum atomic E-state index is -2.75. The Hall–Kier alpha value is -2.82. The number of pyridine rings is 1. The van der Waals surface area contributed by atoms with E-state index in [1.165, 1.54) is 57.1 Å². The van der Waals surface area contributed by atoms with Crippen molar-refractivity contribution in [2.75, 3.05) is 20.1 Å². The second-order valence-electron chi connectivity index (χ2n) is 10.0. The molecule has 3 fully saturated rings. The number of benzene rings is 1. The quantitative estimate of drug-likeness (QED) is 0.488. The number of carbonyl (C=O) groups is 1. The Morgan fingerprint density at radius 1 is 1.22 bits per heavy atom. The fraction of sp³-hybridized carbons (Fsp3) is 0.519. The normalized spacial score (nSPS) is 23.1. The molecule has 2 aliphatic carbocycles. The summed E-state index contributed by atoms with van der Waals surface area (Å²) in [5.41, 5.74) is 0.837. The van der Waals surface area contributed by atoms with Crippen LogP contribution in [0, 0.1) is 11.7 Å². The molecule has 7 nitrogen and oxygen atoms in total. The highest BCUT2D eigenvalue weighted by molar-refractivity contribution is 5.74. The van der Waals surface area contributed by atoms with Crippen molar-refractivity contribution in [3.05, 3.63) is 65.4 Å². The molecule has 0 bridgehead atoms. The number of nitrogens with zero attached hydrogens (tertiary/aromatic N) is 4. The van der Waals surface area contributed by atoms with Crippen LogP contribution in [-0.4, -0.2) is 62.7 Å². The number of halogens is 3. The van der Waals surface area contributed by atoms with Gasteiger partial charge >= 0.3 is 0 Å². The van der Waals surface area contributed by atoms with Gasteiger partial charge in [0.05, 0.1) is 11.2 Å². The van der Waals surface area contributed by atoms with Crippen molar-refractivity contribution in [1.82, 2.24) is 24.8 Å². The molecule has 37 heavy (non-hydrogen) atoms. The summed E-state index contributed by atoms with van der Waals surface area (Å²) < 4.78 is 39.1. The summed E-state index contributed by atoms with van der Waals surface area (Å²) in [6.45, 7) is 2.41. The van der Waals surface area contributed by atoms with Gasteiger partial charge in [-0.15, -0.1) is 0 Å². The van der Waals surface area contributed by atoms with Gasteiger partial charge in [-0.1, -0.05) is 37.5 Å². The summed E-state index contributed by atoms with van der Waals surface area (Å²) in [5, 5.41) is 16.5. The zero-order valence-electron chi connectivity index (χ0n) is 21.0. The summed E-state index contributed by atoms with van der Waals surface area (Å²) in [7, 11) is 1.63. The number of hydrogen-bond donors (Lipinski definition) is 2. The number of aliphatic hydroxyl groups is 1. The van der Waals surface area contributed by atoms with E-state index in [9.17, 15) is 23.1 Å². The number of hydrogen-bond acceptors (Lipinski definition) is 6. The van der Waals surface area contributed by atoms with Gasteiger partial charge in [0.2, 0.25) is 0 Å². The lowest BCUT2D eigenvalue weighted by Crippen LogP contribution is -2.38. The minimum absolute atomic E-state index is 0.239. The number of rotatable bonds is 5. The van der Waals surface area contributed by atoms with Gasteiger partial charge in [0.15, 0.2) is 11.9 Å². The van der Waals surface area contributed by atoms with Gasteiger partial charge in [0, 0.05) is 48.9 Å². The van der Waals surface area contributed by atoms with Gasteiger partial charge in [-0.05, 0) is 38.4 Å². The minimum Gasteiger partial charge on any atom is -0.388 e. The molecular formula is C27H34F3N5O2. The Kier molecular flexibility index (Phi) is 8.94. The summed E-state index contributed by atoms with van der Waals surface area (Å²) in [6, 6.07) is 8.27. The first kappa shape index (κ1) is 27.2. The second kappa shape index (κ2) is 12.1. The van der Waals surface area contributed by atoms with Crippen LogP contribution >= 0.6 is 0 Å². The van der Waals surface area contributed by atoms with E-state index >= 15 is 0 Å². The van der Waals surface area contributed by atoms with Crippen LogP contribution in [0.2, 0.25) is 0 Å². The fourth-order valence-electron chi connectivity index (χ4n) is 5.22. The van der Waals surface area contributed by atoms with Crippen molar-refractivity contribution in [2.24, 2.45) is 5.92 Å². The van der Waals surface area contributed by atoms with Crippen LogP contribution in [0.15, 0.2) is 42.9 Å². The molecule has 1 aromatic carbocycles. The van der Waals surface area contributed by atoms with Crippen LogP contribution < -0.4 is 5.32 Å². The lowest BCUT2D eigenvalue weighted by molar-refractivity contribution is 0.0997. The maximum absolute atomic E-state index is 13.2. The molecule has 3 heterocycles. The zero-order valence-corrected chi connectivity index (χ0v) is 21.0. The average Bonchev–Trinajstić information content (AvgIpc) is 3.22. The van der Waals surface area contributed by atoms with E-state index in [2.05, 4.69) is 20.3 Å². The van der Waals surface area contributed by atoms with Gasteiger partial charge in [-0.2, -0.15) is 5.10 Å². The van der Waals surface area contributed by atoms with Crippen LogP contribution in [-0.2, 0) is 6.54 Å². The summed E-state index contributed by atoms with van der Waals surface area (Å²) in [5.74, 6) is -0.179. The van der Waals surface area contributed by atoms with Gasteiger partial charge in [-0.25, -0.2) is 22.7 Å². The van der Waals surface area contributed by atoms with Crippen LogP contribution in [0.4, 0.5) is 13.2 Å². The largest absolute Gasteiger partial charge is 0.388 e. The number of nitrogens with one attached hydrogen (secondary N) is 1. The monoisotopic (exact) mass is 517 g/mol. The van der Waals surface area contributed by atoms with E-state index in [0.717, 1.165) is 37.0 Å². The number of aromatic nitrogens is 3. The third kappa shape index (κ3) is 6.74. The Morgan fingerprint density at radius 3 is 2.65 bits per heavy atom. The maximum atomic E-state index is 13.2. The molecule has 0 spiro atoms.